The fraction of sp³-hybridized carbons (Fsp3) is 0.400. The van der Waals surface area contributed by atoms with Crippen LogP contribution in [-0.4, -0.2) is 76.6 Å². The van der Waals surface area contributed by atoms with Gasteiger partial charge in [-0.15, -0.1) is 0 Å². The lowest BCUT2D eigenvalue weighted by Gasteiger charge is -2.39. The highest BCUT2D eigenvalue weighted by Crippen LogP contribution is 2.21. The third kappa shape index (κ3) is 14.3. The Morgan fingerprint density at radius 3 is 1.47 bits per heavy atom. The van der Waals surface area contributed by atoms with Gasteiger partial charge >= 0.3 is 12.2 Å². The van der Waals surface area contributed by atoms with E-state index in [9.17, 15) is 9.59 Å². The van der Waals surface area contributed by atoms with Gasteiger partial charge in [0.1, 0.15) is 34.9 Å². The lowest BCUT2D eigenvalue weighted by molar-refractivity contribution is -0.688. The summed E-state index contributed by atoms with van der Waals surface area (Å²) in [6.07, 6.45) is 6.88. The largest absolute Gasteiger partial charge is 0.487 e. The number of amides is 2. The van der Waals surface area contributed by atoms with Crippen molar-refractivity contribution in [3.05, 3.63) is 121 Å². The molecule has 0 N–H and O–H groups in total. The van der Waals surface area contributed by atoms with Crippen LogP contribution >= 0.6 is 15.9 Å². The summed E-state index contributed by atoms with van der Waals surface area (Å²) in [7, 11) is 0. The standard InChI is InChI=1S/C20H25N2O3.C13H18N2O3.C7H7Br/c1-20(2,3)25-19(23)22-14-18(15-22)24-17-9-11-21(12-10-17)13-16-7-5-4-6-8-16;1-13(2,3)18-12(16)15-8-11(9-15)17-10-4-6-14-7-5-10;8-6-7-4-2-1-3-5-7/h4-12,18H,13-15H2,1-3H3;4-7,11H,8-9H2,1-3H3;1-5H,6H2/q+1;;. The van der Waals surface area contributed by atoms with Crippen LogP contribution in [0, 0.1) is 0 Å². The molecule has 0 spiro atoms. The van der Waals surface area contributed by atoms with Gasteiger partial charge in [0.25, 0.3) is 0 Å². The van der Waals surface area contributed by atoms with Gasteiger partial charge in [-0.3, -0.25) is 4.98 Å². The molecule has 0 saturated carbocycles. The maximum absolute atomic E-state index is 11.9. The van der Waals surface area contributed by atoms with E-state index in [0.717, 1.165) is 23.4 Å². The molecule has 2 aromatic carbocycles. The van der Waals surface area contributed by atoms with Crippen LogP contribution in [0.3, 0.4) is 0 Å². The van der Waals surface area contributed by atoms with E-state index in [1.807, 2.05) is 102 Å². The Hall–Kier alpha value is -4.64. The van der Waals surface area contributed by atoms with Crippen LogP contribution in [0.15, 0.2) is 110 Å². The Labute approximate surface area is 310 Å². The molecule has 10 nitrogen and oxygen atoms in total. The molecule has 2 fully saturated rings. The van der Waals surface area contributed by atoms with Crippen molar-refractivity contribution in [1.82, 2.24) is 14.8 Å². The predicted molar refractivity (Wildman–Crippen MR) is 200 cm³/mol. The van der Waals surface area contributed by atoms with Crippen molar-refractivity contribution in [3.63, 3.8) is 0 Å². The van der Waals surface area contributed by atoms with Crippen LogP contribution in [0.25, 0.3) is 0 Å². The first kappa shape index (κ1) is 39.2. The average molecular weight is 763 g/mol. The zero-order chi connectivity index (χ0) is 36.9. The molecule has 0 radical (unpaired) electrons. The number of aromatic nitrogens is 2. The molecule has 11 heteroatoms. The van der Waals surface area contributed by atoms with Crippen LogP contribution in [0.2, 0.25) is 0 Å². The number of nitrogens with zero attached hydrogens (tertiary/aromatic N) is 4. The maximum atomic E-state index is 11.9. The van der Waals surface area contributed by atoms with E-state index in [4.69, 9.17) is 18.9 Å². The fourth-order valence-corrected chi connectivity index (χ4v) is 5.14. The first-order valence-corrected chi connectivity index (χ1v) is 18.2. The van der Waals surface area contributed by atoms with Gasteiger partial charge in [-0.05, 0) is 59.2 Å². The first-order valence-electron chi connectivity index (χ1n) is 17.1. The molecular formula is C40H50BrN4O6+. The van der Waals surface area contributed by atoms with E-state index in [1.54, 1.807) is 34.3 Å². The number of ether oxygens (including phenoxy) is 4. The number of carbonyl (C=O) groups excluding carboxylic acids is 2. The third-order valence-corrected chi connectivity index (χ3v) is 7.97. The Kier molecular flexibility index (Phi) is 14.2. The number of rotatable bonds is 7. The van der Waals surface area contributed by atoms with Gasteiger partial charge in [-0.1, -0.05) is 76.6 Å². The van der Waals surface area contributed by atoms with Crippen LogP contribution in [0.5, 0.6) is 11.5 Å². The lowest BCUT2D eigenvalue weighted by Crippen LogP contribution is -2.57. The monoisotopic (exact) mass is 761 g/mol. The van der Waals surface area contributed by atoms with Gasteiger partial charge in [0, 0.05) is 35.4 Å². The topological polar surface area (TPSA) is 94.3 Å². The SMILES string of the molecule is BrCc1ccccc1.CC(C)(C)OC(=O)N1CC(Oc2cc[n+](Cc3ccccc3)cc2)C1.CC(C)(C)OC(=O)N1CC(Oc2ccncc2)C1. The lowest BCUT2D eigenvalue weighted by atomic mass is 10.1. The summed E-state index contributed by atoms with van der Waals surface area (Å²) in [5.41, 5.74) is 1.67. The number of halogens is 1. The summed E-state index contributed by atoms with van der Waals surface area (Å²) in [6, 6.07) is 28.1. The number of hydrogen-bond acceptors (Lipinski definition) is 7. The Balaban J connectivity index is 0.000000194. The van der Waals surface area contributed by atoms with E-state index < -0.39 is 11.2 Å². The Morgan fingerprint density at radius 1 is 0.667 bits per heavy atom. The first-order chi connectivity index (χ1) is 24.3. The minimum Gasteiger partial charge on any atom is -0.487 e. The highest BCUT2D eigenvalue weighted by Gasteiger charge is 2.36. The normalized spacial score (nSPS) is 14.3. The molecule has 6 rings (SSSR count). The number of likely N-dealkylation sites (tertiary alicyclic amines) is 2. The highest BCUT2D eigenvalue weighted by molar-refractivity contribution is 9.08. The second kappa shape index (κ2) is 18.6. The molecule has 2 aliphatic rings. The zero-order valence-electron chi connectivity index (χ0n) is 30.4. The van der Waals surface area contributed by atoms with Gasteiger partial charge in [0.05, 0.1) is 26.2 Å². The van der Waals surface area contributed by atoms with Crippen molar-refractivity contribution >= 4 is 28.1 Å². The highest BCUT2D eigenvalue weighted by atomic mass is 79.9. The van der Waals surface area contributed by atoms with Crippen molar-refractivity contribution in [1.29, 1.82) is 0 Å². The van der Waals surface area contributed by atoms with E-state index in [2.05, 4.69) is 49.7 Å². The molecule has 4 aromatic rings. The van der Waals surface area contributed by atoms with Crippen molar-refractivity contribution in [2.75, 3.05) is 26.2 Å². The summed E-state index contributed by atoms with van der Waals surface area (Å²) < 4.78 is 24.3. The minimum atomic E-state index is -0.463. The van der Waals surface area contributed by atoms with Crippen molar-refractivity contribution in [3.8, 4) is 11.5 Å². The Morgan fingerprint density at radius 2 is 1.08 bits per heavy atom. The molecule has 0 aliphatic carbocycles. The summed E-state index contributed by atoms with van der Waals surface area (Å²) in [5.74, 6) is 1.59. The van der Waals surface area contributed by atoms with E-state index >= 15 is 0 Å². The van der Waals surface area contributed by atoms with Gasteiger partial charge in [-0.2, -0.15) is 0 Å². The number of alkyl halides is 1. The van der Waals surface area contributed by atoms with Gasteiger partial charge in [0.15, 0.2) is 18.9 Å². The summed E-state index contributed by atoms with van der Waals surface area (Å²) in [6.45, 7) is 14.3. The van der Waals surface area contributed by atoms with E-state index in [-0.39, 0.29) is 24.4 Å². The third-order valence-electron chi connectivity index (χ3n) is 7.32. The fourth-order valence-electron chi connectivity index (χ4n) is 4.77. The minimum absolute atomic E-state index is 0.0255. The summed E-state index contributed by atoms with van der Waals surface area (Å²) in [5, 5.41) is 0.952. The molecule has 0 unspecified atom stereocenters. The molecule has 2 amide bonds. The zero-order valence-corrected chi connectivity index (χ0v) is 32.0. The van der Waals surface area contributed by atoms with Gasteiger partial charge < -0.3 is 28.7 Å². The maximum Gasteiger partial charge on any atom is 0.410 e. The second-order valence-electron chi connectivity index (χ2n) is 14.2. The molecule has 2 aromatic heterocycles. The van der Waals surface area contributed by atoms with Crippen LogP contribution in [0.1, 0.15) is 52.7 Å². The van der Waals surface area contributed by atoms with Gasteiger partial charge in [-0.25, -0.2) is 14.2 Å². The molecule has 2 aliphatic heterocycles. The number of hydrogen-bond donors (Lipinski definition) is 0. The molecular weight excluding hydrogens is 712 g/mol. The van der Waals surface area contributed by atoms with Crippen molar-refractivity contribution in [2.45, 2.75) is 76.8 Å². The van der Waals surface area contributed by atoms with Crippen LogP contribution < -0.4 is 14.0 Å². The van der Waals surface area contributed by atoms with Crippen LogP contribution in [-0.2, 0) is 21.3 Å². The van der Waals surface area contributed by atoms with Crippen molar-refractivity contribution in [2.24, 2.45) is 0 Å². The second-order valence-corrected chi connectivity index (χ2v) is 14.8. The molecule has 272 valence electrons. The Bertz CT molecular complexity index is 1620. The molecule has 51 heavy (non-hydrogen) atoms. The molecule has 2 saturated heterocycles. The van der Waals surface area contributed by atoms with E-state index in [1.165, 1.54) is 11.1 Å². The molecule has 0 atom stereocenters. The number of pyridine rings is 2. The number of benzene rings is 2. The van der Waals surface area contributed by atoms with Crippen LogP contribution in [0.4, 0.5) is 9.59 Å². The summed E-state index contributed by atoms with van der Waals surface area (Å²) in [4.78, 5) is 30.8. The predicted octanol–water partition coefficient (Wildman–Crippen LogP) is 7.68. The number of carbonyl (C=O) groups is 2. The summed E-state index contributed by atoms with van der Waals surface area (Å²) >= 11 is 3.36. The van der Waals surface area contributed by atoms with Gasteiger partial charge in [0.2, 0.25) is 0 Å². The quantitative estimate of drug-likeness (QED) is 0.141. The average Bonchev–Trinajstić information content (AvgIpc) is 3.05. The molecule has 0 bridgehead atoms. The van der Waals surface area contributed by atoms with Crippen molar-refractivity contribution < 1.29 is 33.1 Å². The molecule has 4 heterocycles. The van der Waals surface area contributed by atoms with E-state index in [0.29, 0.717) is 26.2 Å². The smallest absolute Gasteiger partial charge is 0.410 e.